The fourth-order valence-corrected chi connectivity index (χ4v) is 3.10. The van der Waals surface area contributed by atoms with Crippen LogP contribution in [0.15, 0.2) is 48.9 Å². The zero-order valence-electron chi connectivity index (χ0n) is 6.92. The summed E-state index contributed by atoms with van der Waals surface area (Å²) in [7, 11) is 0. The molecule has 13 heavy (non-hydrogen) atoms. The third kappa shape index (κ3) is 2.51. The Morgan fingerprint density at radius 2 is 1.77 bits per heavy atom. The summed E-state index contributed by atoms with van der Waals surface area (Å²) in [6, 6.07) is 10.2. The molecule has 0 bridgehead atoms. The molecule has 3 heteroatoms. The van der Waals surface area contributed by atoms with Crippen molar-refractivity contribution in [2.24, 2.45) is 0 Å². The summed E-state index contributed by atoms with van der Waals surface area (Å²) in [6.07, 6.45) is 5.52. The Morgan fingerprint density at radius 3 is 2.46 bits per heavy atom. The molecule has 2 rings (SSSR count). The number of aromatic nitrogens is 2. The van der Waals surface area contributed by atoms with Crippen LogP contribution in [0.2, 0.25) is 0 Å². The topological polar surface area (TPSA) is 25.8 Å². The van der Waals surface area contributed by atoms with E-state index in [0.717, 1.165) is 0 Å². The SMILES string of the molecule is c1ccc([Te]c2ccncc2)nc1. The molecule has 2 heterocycles. The Bertz CT molecular complexity index is 324. The summed E-state index contributed by atoms with van der Waals surface area (Å²) in [4.78, 5) is 8.30. The second-order valence-corrected chi connectivity index (χ2v) is 5.57. The molecule has 0 aliphatic rings. The second-order valence-electron chi connectivity index (χ2n) is 2.45. The summed E-state index contributed by atoms with van der Waals surface area (Å²) >= 11 is -0.304. The van der Waals surface area contributed by atoms with E-state index < -0.39 is 0 Å². The van der Waals surface area contributed by atoms with E-state index in [1.165, 1.54) is 7.35 Å². The van der Waals surface area contributed by atoms with Crippen molar-refractivity contribution in [2.75, 3.05) is 0 Å². The van der Waals surface area contributed by atoms with Crippen molar-refractivity contribution in [1.82, 2.24) is 9.97 Å². The van der Waals surface area contributed by atoms with Gasteiger partial charge in [-0.3, -0.25) is 0 Å². The van der Waals surface area contributed by atoms with Crippen LogP contribution in [0.25, 0.3) is 0 Å². The molecule has 0 unspecified atom stereocenters. The van der Waals surface area contributed by atoms with Crippen LogP contribution >= 0.6 is 0 Å². The predicted octanol–water partition coefficient (Wildman–Crippen LogP) is 0.132. The molecule has 2 aromatic rings. The number of hydrogen-bond acceptors (Lipinski definition) is 2. The average molecular weight is 284 g/mol. The number of hydrogen-bond donors (Lipinski definition) is 0. The van der Waals surface area contributed by atoms with Crippen molar-refractivity contribution in [1.29, 1.82) is 0 Å². The van der Waals surface area contributed by atoms with Gasteiger partial charge >= 0.3 is 87.2 Å². The van der Waals surface area contributed by atoms with E-state index in [0.29, 0.717) is 0 Å². The summed E-state index contributed by atoms with van der Waals surface area (Å²) < 4.78 is 2.60. The first kappa shape index (κ1) is 8.68. The zero-order chi connectivity index (χ0) is 8.93. The van der Waals surface area contributed by atoms with Crippen LogP contribution in [0.3, 0.4) is 0 Å². The van der Waals surface area contributed by atoms with Crippen molar-refractivity contribution in [3.8, 4) is 0 Å². The van der Waals surface area contributed by atoms with Gasteiger partial charge < -0.3 is 0 Å². The maximum atomic E-state index is 4.31. The van der Waals surface area contributed by atoms with Crippen LogP contribution < -0.4 is 7.35 Å². The summed E-state index contributed by atoms with van der Waals surface area (Å²) in [6.45, 7) is 0. The van der Waals surface area contributed by atoms with Gasteiger partial charge in [-0.05, 0) is 0 Å². The molecule has 0 saturated heterocycles. The minimum absolute atomic E-state index is 0.304. The number of nitrogens with zero attached hydrogens (tertiary/aromatic N) is 2. The standard InChI is InChI=1S/C10H8N2Te/c1-2-6-12-10(3-1)13-9-4-7-11-8-5-9/h1-8H. The van der Waals surface area contributed by atoms with Gasteiger partial charge in [-0.2, -0.15) is 0 Å². The van der Waals surface area contributed by atoms with Crippen molar-refractivity contribution in [3.05, 3.63) is 48.9 Å². The zero-order valence-corrected chi connectivity index (χ0v) is 9.25. The third-order valence-corrected chi connectivity index (χ3v) is 4.25. The molecule has 0 radical (unpaired) electrons. The van der Waals surface area contributed by atoms with Crippen molar-refractivity contribution in [2.45, 2.75) is 0 Å². The van der Waals surface area contributed by atoms with Crippen LogP contribution in [0.4, 0.5) is 0 Å². The maximum absolute atomic E-state index is 4.31. The molecule has 0 saturated carbocycles. The van der Waals surface area contributed by atoms with E-state index in [1.807, 2.05) is 30.7 Å². The Labute approximate surface area is 87.1 Å². The monoisotopic (exact) mass is 286 g/mol. The first-order valence-electron chi connectivity index (χ1n) is 3.94. The average Bonchev–Trinajstić information content (AvgIpc) is 2.21. The molecular weight excluding hydrogens is 276 g/mol. The summed E-state index contributed by atoms with van der Waals surface area (Å²) in [5.41, 5.74) is 0. The van der Waals surface area contributed by atoms with Gasteiger partial charge in [0.15, 0.2) is 0 Å². The number of pyridine rings is 2. The van der Waals surface area contributed by atoms with Gasteiger partial charge in [0.1, 0.15) is 0 Å². The van der Waals surface area contributed by atoms with Crippen LogP contribution in [0, 0.1) is 0 Å². The molecule has 64 valence electrons. The molecule has 0 aromatic carbocycles. The first-order valence-corrected chi connectivity index (χ1v) is 6.27. The molecule has 0 fully saturated rings. The summed E-state index contributed by atoms with van der Waals surface area (Å²) in [5.74, 6) is 0. The fourth-order valence-electron chi connectivity index (χ4n) is 0.934. The molecule has 0 spiro atoms. The van der Waals surface area contributed by atoms with Crippen LogP contribution in [-0.2, 0) is 0 Å². The van der Waals surface area contributed by atoms with E-state index in [2.05, 4.69) is 28.2 Å². The van der Waals surface area contributed by atoms with Crippen molar-refractivity contribution < 1.29 is 0 Å². The van der Waals surface area contributed by atoms with E-state index >= 15 is 0 Å². The Balaban J connectivity index is 2.16. The van der Waals surface area contributed by atoms with E-state index in [-0.39, 0.29) is 20.9 Å². The molecule has 0 atom stereocenters. The number of rotatable bonds is 2. The van der Waals surface area contributed by atoms with Gasteiger partial charge in [-0.25, -0.2) is 0 Å². The molecule has 0 aliphatic heterocycles. The Morgan fingerprint density at radius 1 is 0.923 bits per heavy atom. The molecular formula is C10H8N2Te. The van der Waals surface area contributed by atoms with Gasteiger partial charge in [0.25, 0.3) is 0 Å². The van der Waals surface area contributed by atoms with Crippen molar-refractivity contribution in [3.63, 3.8) is 0 Å². The van der Waals surface area contributed by atoms with Crippen LogP contribution in [0.5, 0.6) is 0 Å². The van der Waals surface area contributed by atoms with Gasteiger partial charge in [-0.1, -0.05) is 0 Å². The van der Waals surface area contributed by atoms with Crippen LogP contribution in [-0.4, -0.2) is 30.9 Å². The first-order chi connectivity index (χ1) is 6.45. The predicted molar refractivity (Wildman–Crippen MR) is 53.5 cm³/mol. The van der Waals surface area contributed by atoms with Gasteiger partial charge in [-0.15, -0.1) is 0 Å². The summed E-state index contributed by atoms with van der Waals surface area (Å²) in [5, 5.41) is 0. The van der Waals surface area contributed by atoms with Gasteiger partial charge in [0.05, 0.1) is 0 Å². The van der Waals surface area contributed by atoms with E-state index in [4.69, 9.17) is 0 Å². The molecule has 2 aromatic heterocycles. The van der Waals surface area contributed by atoms with Gasteiger partial charge in [0, 0.05) is 0 Å². The third-order valence-electron chi connectivity index (χ3n) is 1.51. The molecule has 0 N–H and O–H groups in total. The normalized spacial score (nSPS) is 9.85. The van der Waals surface area contributed by atoms with Crippen LogP contribution in [0.1, 0.15) is 0 Å². The Hall–Kier alpha value is -0.910. The second kappa shape index (κ2) is 4.36. The fraction of sp³-hybridized carbons (Fsp3) is 0. The van der Waals surface area contributed by atoms with Gasteiger partial charge in [0.2, 0.25) is 0 Å². The van der Waals surface area contributed by atoms with E-state index in [9.17, 15) is 0 Å². The quantitative estimate of drug-likeness (QED) is 0.733. The minimum atomic E-state index is -0.304. The molecule has 0 aliphatic carbocycles. The molecule has 0 amide bonds. The van der Waals surface area contributed by atoms with E-state index in [1.54, 1.807) is 0 Å². The molecule has 2 nitrogen and oxygen atoms in total. The Kier molecular flexibility index (Phi) is 2.91. The van der Waals surface area contributed by atoms with Crippen molar-refractivity contribution >= 4 is 28.3 Å².